The maximum Gasteiger partial charge on any atom is 0.313 e. The van der Waals surface area contributed by atoms with Crippen molar-refractivity contribution in [3.8, 4) is 0 Å². The van der Waals surface area contributed by atoms with Gasteiger partial charge in [0.1, 0.15) is 10.8 Å². The summed E-state index contributed by atoms with van der Waals surface area (Å²) in [6, 6.07) is 6.73. The first-order valence-corrected chi connectivity index (χ1v) is 9.33. The Morgan fingerprint density at radius 3 is 3.08 bits per heavy atom. The number of esters is 1. The summed E-state index contributed by atoms with van der Waals surface area (Å²) in [5.41, 5.74) is 0.223. The lowest BCUT2D eigenvalue weighted by Crippen LogP contribution is -2.36. The van der Waals surface area contributed by atoms with Gasteiger partial charge in [-0.1, -0.05) is 36.0 Å². The molecule has 2 heterocycles. The number of carbonyl (C=O) groups is 1. The molecule has 2 aromatic rings. The number of hydrogen-bond acceptors (Lipinski definition) is 6. The van der Waals surface area contributed by atoms with Crippen molar-refractivity contribution in [1.82, 2.24) is 10.2 Å². The van der Waals surface area contributed by atoms with Gasteiger partial charge in [0.15, 0.2) is 0 Å². The summed E-state index contributed by atoms with van der Waals surface area (Å²) in [6.45, 7) is 1.45. The van der Waals surface area contributed by atoms with Crippen molar-refractivity contribution in [1.29, 1.82) is 0 Å². The largest absolute Gasteiger partial charge is 0.469 e. The molecule has 2 atom stereocenters. The molecule has 2 aliphatic rings. The van der Waals surface area contributed by atoms with E-state index in [-0.39, 0.29) is 11.8 Å². The Labute approximate surface area is 149 Å². The van der Waals surface area contributed by atoms with Crippen molar-refractivity contribution in [2.24, 2.45) is 11.3 Å². The van der Waals surface area contributed by atoms with Crippen LogP contribution in [0.2, 0.25) is 0 Å². The normalized spacial score (nSPS) is 25.2. The molecule has 2 unspecified atom stereocenters. The van der Waals surface area contributed by atoms with Crippen LogP contribution in [0.4, 0.5) is 9.52 Å². The van der Waals surface area contributed by atoms with Crippen LogP contribution in [0.3, 0.4) is 0 Å². The van der Waals surface area contributed by atoms with Gasteiger partial charge in [-0.15, -0.1) is 10.2 Å². The zero-order valence-corrected chi connectivity index (χ0v) is 14.9. The molecule has 0 radical (unpaired) electrons. The minimum atomic E-state index is -0.397. The Morgan fingerprint density at radius 1 is 1.44 bits per heavy atom. The SMILES string of the molecule is COC(=O)C12CCCC1CN(c1nnc(Cc3ccccc3F)s1)C2. The van der Waals surface area contributed by atoms with Crippen molar-refractivity contribution in [2.75, 3.05) is 25.1 Å². The lowest BCUT2D eigenvalue weighted by atomic mass is 9.81. The fourth-order valence-electron chi connectivity index (χ4n) is 4.22. The van der Waals surface area contributed by atoms with E-state index in [1.54, 1.807) is 12.1 Å². The predicted octanol–water partition coefficient (Wildman–Crippen LogP) is 3.05. The molecule has 5 nitrogen and oxygen atoms in total. The number of methoxy groups -OCH3 is 1. The van der Waals surface area contributed by atoms with Crippen LogP contribution in [0.1, 0.15) is 29.8 Å². The Kier molecular flexibility index (Phi) is 4.19. The number of carbonyl (C=O) groups excluding carboxylic acids is 1. The smallest absolute Gasteiger partial charge is 0.313 e. The van der Waals surface area contributed by atoms with E-state index >= 15 is 0 Å². The fraction of sp³-hybridized carbons (Fsp3) is 0.500. The van der Waals surface area contributed by atoms with E-state index in [1.165, 1.54) is 24.5 Å². The number of anilines is 1. The number of fused-ring (bicyclic) bond motifs is 1. The Balaban J connectivity index is 1.52. The lowest BCUT2D eigenvalue weighted by Gasteiger charge is -2.25. The first-order valence-electron chi connectivity index (χ1n) is 8.51. The van der Waals surface area contributed by atoms with Crippen LogP contribution >= 0.6 is 11.3 Å². The van der Waals surface area contributed by atoms with Gasteiger partial charge in [-0.2, -0.15) is 0 Å². The molecule has 1 aliphatic heterocycles. The molecule has 4 rings (SSSR count). The first kappa shape index (κ1) is 16.4. The van der Waals surface area contributed by atoms with Gasteiger partial charge in [0, 0.05) is 19.5 Å². The molecule has 132 valence electrons. The van der Waals surface area contributed by atoms with E-state index in [2.05, 4.69) is 15.1 Å². The molecule has 25 heavy (non-hydrogen) atoms. The zero-order chi connectivity index (χ0) is 17.4. The molecule has 0 N–H and O–H groups in total. The Hall–Kier alpha value is -2.02. The van der Waals surface area contributed by atoms with E-state index in [0.717, 1.165) is 35.9 Å². The quantitative estimate of drug-likeness (QED) is 0.784. The molecule has 0 spiro atoms. The van der Waals surface area contributed by atoms with Crippen LogP contribution in [0.15, 0.2) is 24.3 Å². The fourth-order valence-corrected chi connectivity index (χ4v) is 5.09. The molecule has 1 aliphatic carbocycles. The van der Waals surface area contributed by atoms with Crippen LogP contribution in [0.5, 0.6) is 0 Å². The molecule has 7 heteroatoms. The second kappa shape index (κ2) is 6.37. The van der Waals surface area contributed by atoms with E-state index < -0.39 is 5.41 Å². The maximum absolute atomic E-state index is 13.8. The zero-order valence-electron chi connectivity index (χ0n) is 14.1. The molecule has 0 bridgehead atoms. The van der Waals surface area contributed by atoms with Gasteiger partial charge >= 0.3 is 5.97 Å². The monoisotopic (exact) mass is 361 g/mol. The summed E-state index contributed by atoms with van der Waals surface area (Å²) in [6.07, 6.45) is 3.43. The van der Waals surface area contributed by atoms with E-state index in [4.69, 9.17) is 4.74 Å². The third kappa shape index (κ3) is 2.80. The third-order valence-corrected chi connectivity index (χ3v) is 6.47. The van der Waals surface area contributed by atoms with E-state index in [0.29, 0.717) is 24.4 Å². The van der Waals surface area contributed by atoms with Crippen LogP contribution in [0.25, 0.3) is 0 Å². The van der Waals surface area contributed by atoms with Crippen molar-refractivity contribution >= 4 is 22.4 Å². The van der Waals surface area contributed by atoms with Crippen molar-refractivity contribution in [2.45, 2.75) is 25.7 Å². The van der Waals surface area contributed by atoms with Gasteiger partial charge in [-0.3, -0.25) is 4.79 Å². The van der Waals surface area contributed by atoms with Crippen molar-refractivity contribution in [3.63, 3.8) is 0 Å². The van der Waals surface area contributed by atoms with Crippen LogP contribution in [-0.4, -0.2) is 36.4 Å². The first-order chi connectivity index (χ1) is 12.1. The third-order valence-electron chi connectivity index (χ3n) is 5.49. The summed E-state index contributed by atoms with van der Waals surface area (Å²) in [5, 5.41) is 10.1. The molecular formula is C18H20FN3O2S. The molecule has 1 aromatic carbocycles. The molecule has 1 saturated carbocycles. The Morgan fingerprint density at radius 2 is 2.28 bits per heavy atom. The minimum absolute atomic E-state index is 0.103. The molecule has 0 amide bonds. The molecule has 1 aromatic heterocycles. The van der Waals surface area contributed by atoms with E-state index in [1.807, 2.05) is 6.07 Å². The lowest BCUT2D eigenvalue weighted by molar-refractivity contribution is -0.152. The highest BCUT2D eigenvalue weighted by atomic mass is 32.1. The summed E-state index contributed by atoms with van der Waals surface area (Å²) in [5.74, 6) is -0.00735. The summed E-state index contributed by atoms with van der Waals surface area (Å²) < 4.78 is 18.9. The van der Waals surface area contributed by atoms with Gasteiger partial charge in [-0.05, 0) is 30.4 Å². The summed E-state index contributed by atoms with van der Waals surface area (Å²) >= 11 is 1.48. The number of benzene rings is 1. The molecule has 2 fully saturated rings. The highest BCUT2D eigenvalue weighted by Crippen LogP contribution is 2.50. The second-order valence-electron chi connectivity index (χ2n) is 6.86. The topological polar surface area (TPSA) is 55.3 Å². The highest BCUT2D eigenvalue weighted by Gasteiger charge is 2.56. The Bertz CT molecular complexity index is 796. The number of halogens is 1. The summed E-state index contributed by atoms with van der Waals surface area (Å²) in [7, 11) is 1.46. The van der Waals surface area contributed by atoms with Gasteiger partial charge in [0.05, 0.1) is 12.5 Å². The standard InChI is InChI=1S/C18H20FN3O2S/c1-24-16(23)18-8-4-6-13(18)10-22(11-18)17-21-20-15(25-17)9-12-5-2-3-7-14(12)19/h2-3,5,7,13H,4,6,8-11H2,1H3. The second-order valence-corrected chi connectivity index (χ2v) is 7.90. The number of aromatic nitrogens is 2. The van der Waals surface area contributed by atoms with Crippen LogP contribution in [-0.2, 0) is 16.0 Å². The average molecular weight is 361 g/mol. The number of nitrogens with zero attached hydrogens (tertiary/aromatic N) is 3. The van der Waals surface area contributed by atoms with Gasteiger partial charge in [0.2, 0.25) is 5.13 Å². The number of hydrogen-bond donors (Lipinski definition) is 0. The van der Waals surface area contributed by atoms with Gasteiger partial charge in [0.25, 0.3) is 0 Å². The van der Waals surface area contributed by atoms with Gasteiger partial charge in [-0.25, -0.2) is 4.39 Å². The maximum atomic E-state index is 13.8. The average Bonchev–Trinajstić information content (AvgIpc) is 3.30. The van der Waals surface area contributed by atoms with Crippen molar-refractivity contribution < 1.29 is 13.9 Å². The molecule has 1 saturated heterocycles. The highest BCUT2D eigenvalue weighted by molar-refractivity contribution is 7.15. The predicted molar refractivity (Wildman–Crippen MR) is 93.1 cm³/mol. The van der Waals surface area contributed by atoms with Crippen LogP contribution in [0, 0.1) is 17.2 Å². The summed E-state index contributed by atoms with van der Waals surface area (Å²) in [4.78, 5) is 14.5. The molecular weight excluding hydrogens is 341 g/mol. The number of ether oxygens (including phenoxy) is 1. The van der Waals surface area contributed by atoms with E-state index in [9.17, 15) is 9.18 Å². The van der Waals surface area contributed by atoms with Gasteiger partial charge < -0.3 is 9.64 Å². The minimum Gasteiger partial charge on any atom is -0.469 e. The van der Waals surface area contributed by atoms with Crippen LogP contribution < -0.4 is 4.90 Å². The van der Waals surface area contributed by atoms with Crippen molar-refractivity contribution in [3.05, 3.63) is 40.7 Å². The number of rotatable bonds is 4.